The van der Waals surface area contributed by atoms with E-state index >= 15 is 0 Å². The average molecular weight is 333 g/mol. The predicted octanol–water partition coefficient (Wildman–Crippen LogP) is 2.58. The molecule has 0 amide bonds. The summed E-state index contributed by atoms with van der Waals surface area (Å²) in [5.41, 5.74) is 9.32. The molecule has 1 aliphatic heterocycles. The zero-order chi connectivity index (χ0) is 17.2. The van der Waals surface area contributed by atoms with E-state index in [4.69, 9.17) is 10.7 Å². The second-order valence-corrected chi connectivity index (χ2v) is 6.69. The summed E-state index contributed by atoms with van der Waals surface area (Å²) in [6.45, 7) is 2.81. The number of likely N-dealkylation sites (N-methyl/N-ethyl adjacent to an activating group) is 1. The van der Waals surface area contributed by atoms with Crippen molar-refractivity contribution in [3.05, 3.63) is 60.2 Å². The molecule has 1 atom stereocenters. The minimum Gasteiger partial charge on any atom is -0.381 e. The van der Waals surface area contributed by atoms with Gasteiger partial charge in [0.05, 0.1) is 11.0 Å². The third kappa shape index (κ3) is 3.28. The molecule has 128 valence electrons. The minimum atomic E-state index is 0.434. The molecule has 5 heteroatoms. The second-order valence-electron chi connectivity index (χ2n) is 6.69. The van der Waals surface area contributed by atoms with Crippen LogP contribution in [0.1, 0.15) is 5.56 Å². The number of benzene rings is 2. The van der Waals surface area contributed by atoms with Crippen LogP contribution in [0.3, 0.4) is 0 Å². The van der Waals surface area contributed by atoms with Gasteiger partial charge in [0, 0.05) is 25.7 Å². The summed E-state index contributed by atoms with van der Waals surface area (Å²) in [6, 6.07) is 19.0. The number of piperazine rings is 1. The zero-order valence-corrected chi connectivity index (χ0v) is 14.5. The molecule has 1 fully saturated rings. The van der Waals surface area contributed by atoms with Crippen LogP contribution in [0.5, 0.6) is 0 Å². The maximum absolute atomic E-state index is 6.22. The number of aromatic nitrogens is 2. The maximum Gasteiger partial charge on any atom is 0.172 e. The molecular weight excluding hydrogens is 310 g/mol. The lowest BCUT2D eigenvalue weighted by atomic mass is 10.0. The molecule has 0 bridgehead atoms. The van der Waals surface area contributed by atoms with Crippen LogP contribution in [0.2, 0.25) is 0 Å². The summed E-state index contributed by atoms with van der Waals surface area (Å²) >= 11 is 0. The molecule has 0 saturated carbocycles. The molecule has 0 radical (unpaired) electrons. The zero-order valence-electron chi connectivity index (χ0n) is 14.5. The van der Waals surface area contributed by atoms with Crippen LogP contribution in [0.4, 0.5) is 11.6 Å². The Bertz CT molecular complexity index is 864. The molecule has 1 aromatic heterocycles. The molecule has 2 heterocycles. The van der Waals surface area contributed by atoms with E-state index in [0.717, 1.165) is 42.9 Å². The largest absolute Gasteiger partial charge is 0.381 e. The van der Waals surface area contributed by atoms with E-state index in [1.54, 1.807) is 0 Å². The number of anilines is 2. The number of para-hydroxylation sites is 2. The van der Waals surface area contributed by atoms with Gasteiger partial charge in [-0.3, -0.25) is 4.90 Å². The monoisotopic (exact) mass is 333 g/mol. The minimum absolute atomic E-state index is 0.434. The van der Waals surface area contributed by atoms with Gasteiger partial charge in [0.15, 0.2) is 11.6 Å². The molecule has 4 rings (SSSR count). The van der Waals surface area contributed by atoms with Gasteiger partial charge in [-0.1, -0.05) is 42.5 Å². The highest BCUT2D eigenvalue weighted by Gasteiger charge is 2.27. The molecular formula is C20H23N5. The van der Waals surface area contributed by atoms with Crippen LogP contribution in [-0.2, 0) is 6.42 Å². The van der Waals surface area contributed by atoms with Crippen LogP contribution < -0.4 is 10.6 Å². The average Bonchev–Trinajstić information content (AvgIpc) is 2.64. The molecule has 1 saturated heterocycles. The first-order chi connectivity index (χ1) is 12.2. The van der Waals surface area contributed by atoms with Crippen molar-refractivity contribution >= 4 is 22.7 Å². The number of nitrogens with zero attached hydrogens (tertiary/aromatic N) is 4. The summed E-state index contributed by atoms with van der Waals surface area (Å²) in [7, 11) is 2.19. The molecule has 1 aliphatic rings. The van der Waals surface area contributed by atoms with Gasteiger partial charge in [0.1, 0.15) is 0 Å². The lowest BCUT2D eigenvalue weighted by Crippen LogP contribution is -2.52. The number of hydrogen-bond acceptors (Lipinski definition) is 5. The summed E-state index contributed by atoms with van der Waals surface area (Å²) in [5.74, 6) is 1.33. The van der Waals surface area contributed by atoms with Gasteiger partial charge in [-0.05, 0) is 31.2 Å². The molecule has 2 N–H and O–H groups in total. The fourth-order valence-electron chi connectivity index (χ4n) is 3.48. The standard InChI is InChI=1S/C20H23N5/c1-24-11-12-25(14-16(24)13-15-7-3-2-4-8-15)20-19(21)22-17-9-5-6-10-18(17)23-20/h2-10,16H,11-14H2,1H3,(H2,21,22). The fraction of sp³-hybridized carbons (Fsp3) is 0.300. The summed E-state index contributed by atoms with van der Waals surface area (Å²) in [5, 5.41) is 0. The Kier molecular flexibility index (Phi) is 4.24. The van der Waals surface area contributed by atoms with Gasteiger partial charge in [-0.15, -0.1) is 0 Å². The van der Waals surface area contributed by atoms with Gasteiger partial charge in [0.2, 0.25) is 0 Å². The second kappa shape index (κ2) is 6.69. The molecule has 3 aromatic rings. The van der Waals surface area contributed by atoms with Gasteiger partial charge < -0.3 is 10.6 Å². The van der Waals surface area contributed by atoms with Crippen molar-refractivity contribution in [2.45, 2.75) is 12.5 Å². The van der Waals surface area contributed by atoms with E-state index in [1.807, 2.05) is 24.3 Å². The van der Waals surface area contributed by atoms with Crippen molar-refractivity contribution in [3.8, 4) is 0 Å². The number of nitrogens with two attached hydrogens (primary N) is 1. The SMILES string of the molecule is CN1CCN(c2nc3ccccc3nc2N)CC1Cc1ccccc1. The van der Waals surface area contributed by atoms with Crippen LogP contribution in [0.15, 0.2) is 54.6 Å². The van der Waals surface area contributed by atoms with Crippen molar-refractivity contribution in [2.75, 3.05) is 37.3 Å². The Morgan fingerprint density at radius 1 is 0.960 bits per heavy atom. The highest BCUT2D eigenvalue weighted by Crippen LogP contribution is 2.25. The highest BCUT2D eigenvalue weighted by atomic mass is 15.3. The lowest BCUT2D eigenvalue weighted by Gasteiger charge is -2.40. The highest BCUT2D eigenvalue weighted by molar-refractivity contribution is 5.79. The number of fused-ring (bicyclic) bond motifs is 1. The number of nitrogen functional groups attached to an aromatic ring is 1. The Balaban J connectivity index is 1.59. The first-order valence-electron chi connectivity index (χ1n) is 8.72. The van der Waals surface area contributed by atoms with E-state index < -0.39 is 0 Å². The third-order valence-electron chi connectivity index (χ3n) is 4.97. The first kappa shape index (κ1) is 15.8. The van der Waals surface area contributed by atoms with E-state index in [0.29, 0.717) is 11.9 Å². The van der Waals surface area contributed by atoms with Crippen molar-refractivity contribution in [3.63, 3.8) is 0 Å². The van der Waals surface area contributed by atoms with Crippen LogP contribution in [-0.4, -0.2) is 47.6 Å². The quantitative estimate of drug-likeness (QED) is 0.798. The first-order valence-corrected chi connectivity index (χ1v) is 8.72. The molecule has 1 unspecified atom stereocenters. The van der Waals surface area contributed by atoms with Gasteiger partial charge in [-0.2, -0.15) is 0 Å². The maximum atomic E-state index is 6.22. The van der Waals surface area contributed by atoms with Gasteiger partial charge >= 0.3 is 0 Å². The normalized spacial score (nSPS) is 18.6. The predicted molar refractivity (Wildman–Crippen MR) is 103 cm³/mol. The molecule has 0 aliphatic carbocycles. The molecule has 5 nitrogen and oxygen atoms in total. The Labute approximate surface area is 148 Å². The summed E-state index contributed by atoms with van der Waals surface area (Å²) in [6.07, 6.45) is 1.02. The van der Waals surface area contributed by atoms with Crippen molar-refractivity contribution in [1.82, 2.24) is 14.9 Å². The summed E-state index contributed by atoms with van der Waals surface area (Å²) in [4.78, 5) is 14.0. The van der Waals surface area contributed by atoms with Crippen LogP contribution in [0.25, 0.3) is 11.0 Å². The van der Waals surface area contributed by atoms with Crippen molar-refractivity contribution < 1.29 is 0 Å². The van der Waals surface area contributed by atoms with Crippen molar-refractivity contribution in [2.24, 2.45) is 0 Å². The van der Waals surface area contributed by atoms with Gasteiger partial charge in [-0.25, -0.2) is 9.97 Å². The smallest absolute Gasteiger partial charge is 0.172 e. The molecule has 0 spiro atoms. The van der Waals surface area contributed by atoms with E-state index in [9.17, 15) is 0 Å². The van der Waals surface area contributed by atoms with Gasteiger partial charge in [0.25, 0.3) is 0 Å². The van der Waals surface area contributed by atoms with E-state index in [-0.39, 0.29) is 0 Å². The van der Waals surface area contributed by atoms with E-state index in [1.165, 1.54) is 5.56 Å². The Hall–Kier alpha value is -2.66. The van der Waals surface area contributed by atoms with E-state index in [2.05, 4.69) is 52.2 Å². The Morgan fingerprint density at radius 2 is 1.64 bits per heavy atom. The lowest BCUT2D eigenvalue weighted by molar-refractivity contribution is 0.217. The Morgan fingerprint density at radius 3 is 2.40 bits per heavy atom. The third-order valence-corrected chi connectivity index (χ3v) is 4.97. The topological polar surface area (TPSA) is 58.3 Å². The summed E-state index contributed by atoms with van der Waals surface area (Å²) < 4.78 is 0. The van der Waals surface area contributed by atoms with Crippen LogP contribution in [0, 0.1) is 0 Å². The molecule has 2 aromatic carbocycles. The van der Waals surface area contributed by atoms with Crippen molar-refractivity contribution in [1.29, 1.82) is 0 Å². The van der Waals surface area contributed by atoms with Crippen LogP contribution >= 0.6 is 0 Å². The number of rotatable bonds is 3. The fourth-order valence-corrected chi connectivity index (χ4v) is 3.48. The molecule has 25 heavy (non-hydrogen) atoms. The number of hydrogen-bond donors (Lipinski definition) is 1.